The second-order valence-corrected chi connectivity index (χ2v) is 4.01. The van der Waals surface area contributed by atoms with Crippen molar-refractivity contribution in [3.8, 4) is 0 Å². The molecule has 0 atom stereocenters. The van der Waals surface area contributed by atoms with E-state index in [1.54, 1.807) is 19.3 Å². The highest BCUT2D eigenvalue weighted by atomic mass is 16.1. The molecule has 1 aromatic heterocycles. The van der Waals surface area contributed by atoms with Crippen LogP contribution in [0.3, 0.4) is 0 Å². The largest absolute Gasteiger partial charge is 0.325 e. The zero-order valence-electron chi connectivity index (χ0n) is 9.28. The van der Waals surface area contributed by atoms with Crippen molar-refractivity contribution in [2.45, 2.75) is 20.3 Å². The van der Waals surface area contributed by atoms with Gasteiger partial charge >= 0.3 is 0 Å². The van der Waals surface area contributed by atoms with Crippen LogP contribution in [0, 0.1) is 5.92 Å². The number of aryl methyl sites for hydroxylation is 1. The minimum atomic E-state index is -0.0862. The van der Waals surface area contributed by atoms with Gasteiger partial charge in [-0.3, -0.25) is 9.59 Å². The Morgan fingerprint density at radius 1 is 1.47 bits per heavy atom. The summed E-state index contributed by atoms with van der Waals surface area (Å²) in [6.07, 6.45) is 2.10. The molecule has 0 fully saturated rings. The minimum Gasteiger partial charge on any atom is -0.325 e. The summed E-state index contributed by atoms with van der Waals surface area (Å²) in [6.45, 7) is 3.97. The van der Waals surface area contributed by atoms with E-state index in [1.165, 1.54) is 10.6 Å². The minimum absolute atomic E-state index is 0.0244. The number of carbonyl (C=O) groups is 1. The van der Waals surface area contributed by atoms with Gasteiger partial charge in [0.05, 0.1) is 5.69 Å². The molecule has 4 heteroatoms. The van der Waals surface area contributed by atoms with Crippen LogP contribution in [-0.2, 0) is 11.8 Å². The number of nitrogens with zero attached hydrogens (tertiary/aromatic N) is 1. The molecular formula is C11H16N2O2. The fourth-order valence-corrected chi connectivity index (χ4v) is 1.25. The van der Waals surface area contributed by atoms with Crippen molar-refractivity contribution in [2.75, 3.05) is 5.32 Å². The van der Waals surface area contributed by atoms with Crippen LogP contribution >= 0.6 is 0 Å². The average molecular weight is 208 g/mol. The zero-order valence-corrected chi connectivity index (χ0v) is 9.28. The predicted octanol–water partition coefficient (Wildman–Crippen LogP) is 1.37. The fourth-order valence-electron chi connectivity index (χ4n) is 1.25. The summed E-state index contributed by atoms with van der Waals surface area (Å²) in [4.78, 5) is 22.5. The number of hydrogen-bond acceptors (Lipinski definition) is 2. The first kappa shape index (κ1) is 11.5. The smallest absolute Gasteiger partial charge is 0.250 e. The molecule has 1 N–H and O–H groups in total. The van der Waals surface area contributed by atoms with Gasteiger partial charge in [-0.2, -0.15) is 0 Å². The molecule has 0 bridgehead atoms. The number of rotatable bonds is 3. The van der Waals surface area contributed by atoms with Crippen molar-refractivity contribution in [1.82, 2.24) is 4.57 Å². The third-order valence-electron chi connectivity index (χ3n) is 1.96. The van der Waals surface area contributed by atoms with Gasteiger partial charge in [0.1, 0.15) is 0 Å². The molecule has 1 rings (SSSR count). The Labute approximate surface area is 88.9 Å². The lowest BCUT2D eigenvalue weighted by Gasteiger charge is -2.07. The Hall–Kier alpha value is -1.58. The standard InChI is InChI=1S/C11H16N2O2/c1-8(2)6-10(14)12-9-4-5-11(15)13(3)7-9/h4-5,7-8H,6H2,1-3H3,(H,12,14). The van der Waals surface area contributed by atoms with Crippen LogP contribution < -0.4 is 10.9 Å². The van der Waals surface area contributed by atoms with Crippen molar-refractivity contribution >= 4 is 11.6 Å². The fraction of sp³-hybridized carbons (Fsp3) is 0.455. The maximum absolute atomic E-state index is 11.4. The van der Waals surface area contributed by atoms with Crippen LogP contribution in [0.5, 0.6) is 0 Å². The Morgan fingerprint density at radius 2 is 2.13 bits per heavy atom. The van der Waals surface area contributed by atoms with Gasteiger partial charge in [-0.15, -0.1) is 0 Å². The lowest BCUT2D eigenvalue weighted by Crippen LogP contribution is -2.18. The highest BCUT2D eigenvalue weighted by Gasteiger charge is 2.05. The summed E-state index contributed by atoms with van der Waals surface area (Å²) in [7, 11) is 1.65. The average Bonchev–Trinajstić information content (AvgIpc) is 2.10. The van der Waals surface area contributed by atoms with E-state index in [-0.39, 0.29) is 11.5 Å². The summed E-state index contributed by atoms with van der Waals surface area (Å²) >= 11 is 0. The topological polar surface area (TPSA) is 51.1 Å². The van der Waals surface area contributed by atoms with Crippen LogP contribution in [0.2, 0.25) is 0 Å². The number of pyridine rings is 1. The monoisotopic (exact) mass is 208 g/mol. The first-order valence-corrected chi connectivity index (χ1v) is 4.95. The maximum atomic E-state index is 11.4. The molecule has 0 spiro atoms. The molecule has 0 aliphatic rings. The maximum Gasteiger partial charge on any atom is 0.250 e. The van der Waals surface area contributed by atoms with Gasteiger partial charge in [-0.1, -0.05) is 13.8 Å². The van der Waals surface area contributed by atoms with Crippen LogP contribution in [0.15, 0.2) is 23.1 Å². The summed E-state index contributed by atoms with van der Waals surface area (Å²) in [5, 5.41) is 2.74. The molecular weight excluding hydrogens is 192 g/mol. The molecule has 0 aliphatic carbocycles. The van der Waals surface area contributed by atoms with Gasteiger partial charge in [0.2, 0.25) is 11.5 Å². The highest BCUT2D eigenvalue weighted by Crippen LogP contribution is 2.06. The number of aromatic nitrogens is 1. The Balaban J connectivity index is 2.69. The van der Waals surface area contributed by atoms with E-state index < -0.39 is 0 Å². The predicted molar refractivity (Wildman–Crippen MR) is 59.8 cm³/mol. The van der Waals surface area contributed by atoms with Crippen molar-refractivity contribution in [3.05, 3.63) is 28.7 Å². The van der Waals surface area contributed by atoms with Crippen molar-refractivity contribution < 1.29 is 4.79 Å². The van der Waals surface area contributed by atoms with Crippen molar-refractivity contribution in [3.63, 3.8) is 0 Å². The number of amides is 1. The molecule has 1 amide bonds. The summed E-state index contributed by atoms with van der Waals surface area (Å²) in [6, 6.07) is 3.05. The van der Waals surface area contributed by atoms with Gasteiger partial charge in [0.25, 0.3) is 0 Å². The molecule has 1 aromatic rings. The third-order valence-corrected chi connectivity index (χ3v) is 1.96. The molecule has 4 nitrogen and oxygen atoms in total. The first-order valence-electron chi connectivity index (χ1n) is 4.95. The molecule has 0 saturated heterocycles. The van der Waals surface area contributed by atoms with E-state index in [1.807, 2.05) is 13.8 Å². The SMILES string of the molecule is CC(C)CC(=O)Nc1ccc(=O)n(C)c1. The van der Waals surface area contributed by atoms with Gasteiger partial charge in [0, 0.05) is 25.7 Å². The molecule has 0 radical (unpaired) electrons. The molecule has 15 heavy (non-hydrogen) atoms. The van der Waals surface area contributed by atoms with E-state index in [0.717, 1.165) is 0 Å². The summed E-state index contributed by atoms with van der Waals surface area (Å²) in [5.74, 6) is 0.307. The van der Waals surface area contributed by atoms with Gasteiger partial charge in [-0.25, -0.2) is 0 Å². The van der Waals surface area contributed by atoms with E-state index in [2.05, 4.69) is 5.32 Å². The van der Waals surface area contributed by atoms with Gasteiger partial charge in [0.15, 0.2) is 0 Å². The molecule has 0 unspecified atom stereocenters. The van der Waals surface area contributed by atoms with Gasteiger partial charge in [-0.05, 0) is 12.0 Å². The van der Waals surface area contributed by atoms with E-state index in [0.29, 0.717) is 18.0 Å². The normalized spacial score (nSPS) is 10.4. The Bertz CT molecular complexity index is 407. The second kappa shape index (κ2) is 4.77. The molecule has 0 saturated carbocycles. The second-order valence-electron chi connectivity index (χ2n) is 4.01. The Kier molecular flexibility index (Phi) is 3.66. The van der Waals surface area contributed by atoms with Crippen LogP contribution in [0.25, 0.3) is 0 Å². The van der Waals surface area contributed by atoms with Crippen LogP contribution in [0.4, 0.5) is 5.69 Å². The summed E-state index contributed by atoms with van der Waals surface area (Å²) < 4.78 is 1.44. The van der Waals surface area contributed by atoms with Crippen LogP contribution in [-0.4, -0.2) is 10.5 Å². The Morgan fingerprint density at radius 3 is 2.67 bits per heavy atom. The van der Waals surface area contributed by atoms with E-state index in [4.69, 9.17) is 0 Å². The lowest BCUT2D eigenvalue weighted by atomic mass is 10.1. The van der Waals surface area contributed by atoms with Crippen LogP contribution in [0.1, 0.15) is 20.3 Å². The molecule has 0 aromatic carbocycles. The van der Waals surface area contributed by atoms with Gasteiger partial charge < -0.3 is 9.88 Å². The third kappa shape index (κ3) is 3.58. The zero-order chi connectivity index (χ0) is 11.4. The number of hydrogen-bond donors (Lipinski definition) is 1. The lowest BCUT2D eigenvalue weighted by molar-refractivity contribution is -0.116. The molecule has 1 heterocycles. The number of nitrogens with one attached hydrogen (secondary N) is 1. The number of anilines is 1. The molecule has 0 aliphatic heterocycles. The van der Waals surface area contributed by atoms with E-state index >= 15 is 0 Å². The first-order chi connectivity index (χ1) is 6.99. The quantitative estimate of drug-likeness (QED) is 0.815. The number of carbonyl (C=O) groups excluding carboxylic acids is 1. The summed E-state index contributed by atoms with van der Waals surface area (Å²) in [5.41, 5.74) is 0.569. The highest BCUT2D eigenvalue weighted by molar-refractivity contribution is 5.90. The van der Waals surface area contributed by atoms with E-state index in [9.17, 15) is 9.59 Å². The van der Waals surface area contributed by atoms with Crippen molar-refractivity contribution in [1.29, 1.82) is 0 Å². The molecule has 82 valence electrons. The van der Waals surface area contributed by atoms with Crippen molar-refractivity contribution in [2.24, 2.45) is 13.0 Å².